The van der Waals surface area contributed by atoms with E-state index < -0.39 is 5.91 Å². The van der Waals surface area contributed by atoms with Gasteiger partial charge in [0.05, 0.1) is 6.61 Å². The summed E-state index contributed by atoms with van der Waals surface area (Å²) >= 11 is 0. The molecule has 2 aromatic rings. The topological polar surface area (TPSA) is 77.2 Å². The van der Waals surface area contributed by atoms with Gasteiger partial charge in [-0.25, -0.2) is 4.98 Å². The Bertz CT molecular complexity index is 660. The molecule has 1 aromatic heterocycles. The van der Waals surface area contributed by atoms with Crippen molar-refractivity contribution in [2.24, 2.45) is 11.7 Å². The molecule has 120 valence electrons. The van der Waals surface area contributed by atoms with E-state index in [-0.39, 0.29) is 5.69 Å². The summed E-state index contributed by atoms with van der Waals surface area (Å²) in [4.78, 5) is 15.4. The number of nitrogens with one attached hydrogen (secondary N) is 1. The Hall–Kier alpha value is -2.40. The van der Waals surface area contributed by atoms with Crippen LogP contribution < -0.4 is 15.8 Å². The van der Waals surface area contributed by atoms with Gasteiger partial charge in [-0.05, 0) is 36.6 Å². The van der Waals surface area contributed by atoms with Crippen LogP contribution in [-0.4, -0.2) is 30.6 Å². The van der Waals surface area contributed by atoms with Gasteiger partial charge in [-0.2, -0.15) is 0 Å². The average molecular weight is 311 g/mol. The minimum absolute atomic E-state index is 0.188. The number of piperidine rings is 1. The molecule has 1 fully saturated rings. The zero-order valence-corrected chi connectivity index (χ0v) is 12.9. The Kier molecular flexibility index (Phi) is 4.88. The second-order valence-electron chi connectivity index (χ2n) is 5.80. The number of rotatable bonds is 5. The highest BCUT2D eigenvalue weighted by atomic mass is 16.5. The molecule has 2 atom stereocenters. The summed E-state index contributed by atoms with van der Waals surface area (Å²) in [6, 6.07) is 14.0. The highest BCUT2D eigenvalue weighted by Gasteiger charge is 2.27. The normalized spacial score (nSPS) is 20.9. The van der Waals surface area contributed by atoms with Crippen LogP contribution in [0.4, 0.5) is 0 Å². The fourth-order valence-corrected chi connectivity index (χ4v) is 3.13. The molecule has 3 N–H and O–H groups in total. The molecule has 1 aliphatic rings. The summed E-state index contributed by atoms with van der Waals surface area (Å²) in [6.45, 7) is 2.43. The van der Waals surface area contributed by atoms with Crippen molar-refractivity contribution < 1.29 is 9.53 Å². The molecule has 3 rings (SSSR count). The first kappa shape index (κ1) is 15.5. The zero-order chi connectivity index (χ0) is 16.1. The van der Waals surface area contributed by atoms with E-state index in [1.54, 1.807) is 18.3 Å². The maximum Gasteiger partial charge on any atom is 0.271 e. The molecule has 1 amide bonds. The number of primary amides is 1. The number of carbonyl (C=O) groups excluding carboxylic acids is 1. The predicted molar refractivity (Wildman–Crippen MR) is 88.4 cm³/mol. The zero-order valence-electron chi connectivity index (χ0n) is 12.9. The van der Waals surface area contributed by atoms with E-state index in [0.717, 1.165) is 19.5 Å². The highest BCUT2D eigenvalue weighted by Crippen LogP contribution is 2.31. The fraction of sp³-hybridized carbons (Fsp3) is 0.333. The molecule has 0 radical (unpaired) electrons. The molecular weight excluding hydrogens is 290 g/mol. The lowest BCUT2D eigenvalue weighted by Gasteiger charge is -2.32. The Morgan fingerprint density at radius 2 is 2.09 bits per heavy atom. The number of carbonyl (C=O) groups is 1. The summed E-state index contributed by atoms with van der Waals surface area (Å²) in [5.74, 6) is 0.678. The van der Waals surface area contributed by atoms with Crippen molar-refractivity contribution in [1.29, 1.82) is 0 Å². The smallest absolute Gasteiger partial charge is 0.271 e. The van der Waals surface area contributed by atoms with E-state index in [0.29, 0.717) is 24.2 Å². The number of aromatic nitrogens is 1. The number of hydrogen-bond donors (Lipinski definition) is 2. The molecule has 1 saturated heterocycles. The number of ether oxygens (including phenoxy) is 1. The number of hydrogen-bond acceptors (Lipinski definition) is 4. The molecule has 5 nitrogen and oxygen atoms in total. The second kappa shape index (κ2) is 7.24. The van der Waals surface area contributed by atoms with Gasteiger partial charge in [0.15, 0.2) is 11.4 Å². The summed E-state index contributed by atoms with van der Waals surface area (Å²) in [5, 5.41) is 3.42. The summed E-state index contributed by atoms with van der Waals surface area (Å²) < 4.78 is 5.89. The van der Waals surface area contributed by atoms with Gasteiger partial charge in [-0.1, -0.05) is 30.3 Å². The van der Waals surface area contributed by atoms with Crippen molar-refractivity contribution in [2.75, 3.05) is 19.7 Å². The lowest BCUT2D eigenvalue weighted by Crippen LogP contribution is -2.38. The third-order valence-corrected chi connectivity index (χ3v) is 4.29. The van der Waals surface area contributed by atoms with Gasteiger partial charge in [0, 0.05) is 18.7 Å². The molecule has 0 bridgehead atoms. The Morgan fingerprint density at radius 3 is 2.87 bits per heavy atom. The van der Waals surface area contributed by atoms with E-state index in [9.17, 15) is 4.79 Å². The van der Waals surface area contributed by atoms with Crippen LogP contribution in [-0.2, 0) is 0 Å². The van der Waals surface area contributed by atoms with Crippen LogP contribution in [0.2, 0.25) is 0 Å². The summed E-state index contributed by atoms with van der Waals surface area (Å²) in [6.07, 6.45) is 2.62. The van der Waals surface area contributed by atoms with Crippen molar-refractivity contribution in [3.63, 3.8) is 0 Å². The molecule has 0 spiro atoms. The van der Waals surface area contributed by atoms with Gasteiger partial charge < -0.3 is 15.8 Å². The van der Waals surface area contributed by atoms with E-state index in [2.05, 4.69) is 34.6 Å². The van der Waals surface area contributed by atoms with Gasteiger partial charge in [-0.3, -0.25) is 4.79 Å². The van der Waals surface area contributed by atoms with Crippen LogP contribution in [0.3, 0.4) is 0 Å². The largest absolute Gasteiger partial charge is 0.491 e. The van der Waals surface area contributed by atoms with Gasteiger partial charge in [0.25, 0.3) is 5.91 Å². The third-order valence-electron chi connectivity index (χ3n) is 4.29. The third kappa shape index (κ3) is 3.68. The molecular formula is C18H21N3O2. The van der Waals surface area contributed by atoms with E-state index in [1.165, 1.54) is 5.56 Å². The van der Waals surface area contributed by atoms with Gasteiger partial charge in [-0.15, -0.1) is 0 Å². The van der Waals surface area contributed by atoms with E-state index in [1.807, 2.05) is 6.07 Å². The van der Waals surface area contributed by atoms with Crippen molar-refractivity contribution in [1.82, 2.24) is 10.3 Å². The van der Waals surface area contributed by atoms with Gasteiger partial charge in [0.2, 0.25) is 0 Å². The Labute approximate surface area is 135 Å². The lowest BCUT2D eigenvalue weighted by molar-refractivity contribution is 0.0989. The molecule has 2 unspecified atom stereocenters. The van der Waals surface area contributed by atoms with Crippen LogP contribution in [0.1, 0.15) is 28.4 Å². The Morgan fingerprint density at radius 1 is 1.26 bits per heavy atom. The van der Waals surface area contributed by atoms with Crippen molar-refractivity contribution >= 4 is 5.91 Å². The quantitative estimate of drug-likeness (QED) is 0.885. The number of amides is 1. The molecule has 5 heteroatoms. The van der Waals surface area contributed by atoms with Crippen molar-refractivity contribution in [2.45, 2.75) is 12.3 Å². The SMILES string of the molecule is NC(=O)c1ncccc1OCC1CNCCC1c1ccccc1. The van der Waals surface area contributed by atoms with Crippen LogP contribution in [0.15, 0.2) is 48.7 Å². The van der Waals surface area contributed by atoms with E-state index in [4.69, 9.17) is 10.5 Å². The average Bonchev–Trinajstić information content (AvgIpc) is 2.61. The molecule has 23 heavy (non-hydrogen) atoms. The van der Waals surface area contributed by atoms with Gasteiger partial charge >= 0.3 is 0 Å². The minimum atomic E-state index is -0.568. The highest BCUT2D eigenvalue weighted by molar-refractivity contribution is 5.93. The number of nitrogens with zero attached hydrogens (tertiary/aromatic N) is 1. The van der Waals surface area contributed by atoms with Crippen molar-refractivity contribution in [3.8, 4) is 5.75 Å². The lowest BCUT2D eigenvalue weighted by atomic mass is 9.81. The Balaban J connectivity index is 1.72. The maximum absolute atomic E-state index is 11.4. The molecule has 1 aliphatic heterocycles. The molecule has 0 saturated carbocycles. The first-order valence-electron chi connectivity index (χ1n) is 7.89. The van der Waals surface area contributed by atoms with E-state index >= 15 is 0 Å². The fourth-order valence-electron chi connectivity index (χ4n) is 3.13. The first-order valence-corrected chi connectivity index (χ1v) is 7.89. The second-order valence-corrected chi connectivity index (χ2v) is 5.80. The predicted octanol–water partition coefficient (Wildman–Crippen LogP) is 1.95. The minimum Gasteiger partial charge on any atom is -0.491 e. The van der Waals surface area contributed by atoms with Crippen LogP contribution >= 0.6 is 0 Å². The number of benzene rings is 1. The van der Waals surface area contributed by atoms with Crippen LogP contribution in [0.5, 0.6) is 5.75 Å². The molecule has 2 heterocycles. The summed E-state index contributed by atoms with van der Waals surface area (Å²) in [5.41, 5.74) is 6.87. The number of pyridine rings is 1. The first-order chi connectivity index (χ1) is 11.3. The standard InChI is InChI=1S/C18H21N3O2/c19-18(22)17-16(7-4-9-21-17)23-12-14-11-20-10-8-15(14)13-5-2-1-3-6-13/h1-7,9,14-15,20H,8,10-12H2,(H2,19,22). The van der Waals surface area contributed by atoms with Gasteiger partial charge in [0.1, 0.15) is 0 Å². The monoisotopic (exact) mass is 311 g/mol. The van der Waals surface area contributed by atoms with Crippen molar-refractivity contribution in [3.05, 3.63) is 59.9 Å². The summed E-state index contributed by atoms with van der Waals surface area (Å²) in [7, 11) is 0. The maximum atomic E-state index is 11.4. The molecule has 0 aliphatic carbocycles. The van der Waals surface area contributed by atoms with Crippen LogP contribution in [0, 0.1) is 5.92 Å². The van der Waals surface area contributed by atoms with Crippen LogP contribution in [0.25, 0.3) is 0 Å². The molecule has 1 aromatic carbocycles. The number of nitrogens with two attached hydrogens (primary N) is 1.